The molecule has 3 fully saturated rings. The second kappa shape index (κ2) is 13.7. The van der Waals surface area contributed by atoms with E-state index in [1.165, 1.54) is 0 Å². The van der Waals surface area contributed by atoms with E-state index < -0.39 is 66.8 Å². The van der Waals surface area contributed by atoms with Gasteiger partial charge in [-0.2, -0.15) is 0 Å². The highest BCUT2D eigenvalue weighted by molar-refractivity contribution is 5.80. The number of hydrogen-bond donors (Lipinski definition) is 7. The molecular weight excluding hydrogens is 508 g/mol. The van der Waals surface area contributed by atoms with Gasteiger partial charge in [-0.05, 0) is 38.0 Å². The van der Waals surface area contributed by atoms with Gasteiger partial charge >= 0.3 is 0 Å². The molecule has 0 radical (unpaired) electrons. The third-order valence-corrected chi connectivity index (χ3v) is 8.15. The molecule has 0 spiro atoms. The largest absolute Gasteiger partial charge is 0.393 e. The topological polar surface area (TPSA) is 184 Å². The van der Waals surface area contributed by atoms with Crippen LogP contribution in [-0.2, 0) is 19.0 Å². The number of amides is 1. The maximum Gasteiger partial charge on any atom is 0.228 e. The van der Waals surface area contributed by atoms with Gasteiger partial charge in [-0.1, -0.05) is 39.8 Å². The predicted molar refractivity (Wildman–Crippen MR) is 143 cm³/mol. The number of carbonyl (C=O) groups is 1. The van der Waals surface area contributed by atoms with Gasteiger partial charge < -0.3 is 50.8 Å². The van der Waals surface area contributed by atoms with Crippen LogP contribution in [0.2, 0.25) is 0 Å². The quantitative estimate of drug-likeness (QED) is 0.174. The summed E-state index contributed by atoms with van der Waals surface area (Å²) in [6.45, 7) is 9.23. The highest BCUT2D eigenvalue weighted by Crippen LogP contribution is 2.38. The molecule has 11 atom stereocenters. The summed E-state index contributed by atoms with van der Waals surface area (Å²) in [5.74, 6) is -3.19. The van der Waals surface area contributed by atoms with Crippen molar-refractivity contribution in [1.29, 1.82) is 0 Å². The van der Waals surface area contributed by atoms with Crippen LogP contribution in [0.25, 0.3) is 0 Å². The molecular formula is C28H50N2O9. The van der Waals surface area contributed by atoms with Crippen LogP contribution in [0.3, 0.4) is 0 Å². The van der Waals surface area contributed by atoms with Crippen LogP contribution in [-0.4, -0.2) is 98.3 Å². The fraction of sp³-hybridized carbons (Fsp3) is 0.893. The number of allylic oxidation sites excluding steroid dienone is 1. The van der Waals surface area contributed by atoms with E-state index in [0.717, 1.165) is 19.3 Å². The monoisotopic (exact) mass is 558 g/mol. The number of nitrogens with two attached hydrogens (primary N) is 1. The lowest BCUT2D eigenvalue weighted by Crippen LogP contribution is -2.62. The molecule has 5 unspecified atom stereocenters. The Balaban J connectivity index is 1.86. The Bertz CT molecular complexity index is 823. The van der Waals surface area contributed by atoms with Crippen LogP contribution in [0, 0.1) is 17.8 Å². The van der Waals surface area contributed by atoms with Gasteiger partial charge in [0.2, 0.25) is 5.91 Å². The van der Waals surface area contributed by atoms with E-state index in [9.17, 15) is 30.3 Å². The highest BCUT2D eigenvalue weighted by Gasteiger charge is 2.51. The van der Waals surface area contributed by atoms with Gasteiger partial charge in [-0.15, -0.1) is 0 Å². The summed E-state index contributed by atoms with van der Waals surface area (Å²) >= 11 is 0. The van der Waals surface area contributed by atoms with Gasteiger partial charge in [0.1, 0.15) is 6.10 Å². The summed E-state index contributed by atoms with van der Waals surface area (Å²) in [5.41, 5.74) is 5.99. The molecule has 226 valence electrons. The smallest absolute Gasteiger partial charge is 0.228 e. The maximum atomic E-state index is 13.3. The molecule has 11 heteroatoms. The van der Waals surface area contributed by atoms with E-state index in [1.807, 2.05) is 33.8 Å². The predicted octanol–water partition coefficient (Wildman–Crippen LogP) is 0.298. The minimum Gasteiger partial charge on any atom is -0.393 e. The molecule has 1 aliphatic carbocycles. The zero-order valence-electron chi connectivity index (χ0n) is 23.8. The van der Waals surface area contributed by atoms with Crippen LogP contribution in [0.1, 0.15) is 73.1 Å². The van der Waals surface area contributed by atoms with E-state index in [0.29, 0.717) is 0 Å². The Labute approximate surface area is 231 Å². The first-order valence-corrected chi connectivity index (χ1v) is 14.4. The van der Waals surface area contributed by atoms with Crippen molar-refractivity contribution in [3.8, 4) is 0 Å². The van der Waals surface area contributed by atoms with E-state index in [-0.39, 0.29) is 43.0 Å². The molecule has 2 saturated heterocycles. The van der Waals surface area contributed by atoms with Gasteiger partial charge in [-0.25, -0.2) is 0 Å². The second-order valence-electron chi connectivity index (χ2n) is 12.4. The van der Waals surface area contributed by atoms with Crippen LogP contribution in [0.4, 0.5) is 0 Å². The van der Waals surface area contributed by atoms with Crippen LogP contribution >= 0.6 is 0 Å². The van der Waals surface area contributed by atoms with Crippen molar-refractivity contribution < 1.29 is 44.5 Å². The van der Waals surface area contributed by atoms with E-state index >= 15 is 0 Å². The zero-order valence-corrected chi connectivity index (χ0v) is 23.8. The lowest BCUT2D eigenvalue weighted by atomic mass is 9.81. The van der Waals surface area contributed by atoms with Crippen molar-refractivity contribution in [3.63, 3.8) is 0 Å². The van der Waals surface area contributed by atoms with Gasteiger partial charge in [-0.3, -0.25) is 4.79 Å². The number of carbonyl (C=O) groups excluding carboxylic acids is 1. The van der Waals surface area contributed by atoms with Gasteiger partial charge in [0.25, 0.3) is 0 Å². The summed E-state index contributed by atoms with van der Waals surface area (Å²) in [5, 5.41) is 56.7. The Morgan fingerprint density at radius 1 is 1.15 bits per heavy atom. The first-order chi connectivity index (χ1) is 18.2. The van der Waals surface area contributed by atoms with Crippen molar-refractivity contribution in [3.05, 3.63) is 12.2 Å². The van der Waals surface area contributed by atoms with Gasteiger partial charge in [0.15, 0.2) is 12.1 Å². The number of aliphatic hydroxyl groups excluding tert-OH is 4. The van der Waals surface area contributed by atoms with Crippen molar-refractivity contribution in [2.75, 3.05) is 0 Å². The number of hydrogen-bond acceptors (Lipinski definition) is 10. The lowest BCUT2D eigenvalue weighted by molar-refractivity contribution is -0.307. The summed E-state index contributed by atoms with van der Waals surface area (Å²) < 4.78 is 18.0. The van der Waals surface area contributed by atoms with E-state index in [2.05, 4.69) is 5.32 Å². The van der Waals surface area contributed by atoms with Crippen molar-refractivity contribution >= 4 is 5.91 Å². The van der Waals surface area contributed by atoms with Gasteiger partial charge in [0, 0.05) is 25.3 Å². The molecule has 11 nitrogen and oxygen atoms in total. The van der Waals surface area contributed by atoms with Crippen molar-refractivity contribution in [2.24, 2.45) is 23.5 Å². The van der Waals surface area contributed by atoms with Crippen molar-refractivity contribution in [2.45, 2.75) is 140 Å². The molecule has 0 bridgehead atoms. The van der Waals surface area contributed by atoms with Crippen LogP contribution in [0.5, 0.6) is 0 Å². The molecule has 8 N–H and O–H groups in total. The maximum absolute atomic E-state index is 13.3. The summed E-state index contributed by atoms with van der Waals surface area (Å²) in [4.78, 5) is 13.3. The highest BCUT2D eigenvalue weighted by atomic mass is 16.7. The standard InChI is InChI=1S/C28H50N2O9/c1-14(2)9-10-18(38-27-25(34)23(29)24(33)16(5)37-27)11-21-22(26(35)30-17-7-6-8-17)20(32)13-28(36,39-21)12-19(31)15(3)4/h9-10,14-25,27,31-34,36H,6-8,11-13,29H2,1-5H3,(H,30,35)/b10-9+/t16?,18-,19+,20-,21-,22+,23?,24?,25?,27?,28+/m0/s1. The molecule has 3 aliphatic rings. The van der Waals surface area contributed by atoms with Crippen LogP contribution < -0.4 is 11.1 Å². The van der Waals surface area contributed by atoms with Crippen LogP contribution in [0.15, 0.2) is 12.2 Å². The third-order valence-electron chi connectivity index (χ3n) is 8.15. The molecule has 0 aromatic rings. The fourth-order valence-corrected chi connectivity index (χ4v) is 5.30. The molecule has 39 heavy (non-hydrogen) atoms. The average molecular weight is 559 g/mol. The number of aliphatic hydroxyl groups is 5. The number of nitrogens with one attached hydrogen (secondary N) is 1. The Morgan fingerprint density at radius 2 is 1.82 bits per heavy atom. The second-order valence-corrected chi connectivity index (χ2v) is 12.4. The summed E-state index contributed by atoms with van der Waals surface area (Å²) in [7, 11) is 0. The fourth-order valence-electron chi connectivity index (χ4n) is 5.30. The molecule has 2 aliphatic heterocycles. The molecule has 3 rings (SSSR count). The normalized spacial score (nSPS) is 39.6. The minimum absolute atomic E-state index is 0.0435. The molecule has 1 saturated carbocycles. The Hall–Kier alpha value is -1.15. The minimum atomic E-state index is -1.85. The number of rotatable bonds is 11. The van der Waals surface area contributed by atoms with Crippen molar-refractivity contribution in [1.82, 2.24) is 5.32 Å². The molecule has 1 amide bonds. The Kier molecular flexibility index (Phi) is 11.3. The first kappa shape index (κ1) is 32.4. The first-order valence-electron chi connectivity index (χ1n) is 14.4. The van der Waals surface area contributed by atoms with E-state index in [1.54, 1.807) is 13.0 Å². The molecule has 0 aromatic heterocycles. The molecule has 2 heterocycles. The van der Waals surface area contributed by atoms with E-state index in [4.69, 9.17) is 19.9 Å². The third kappa shape index (κ3) is 8.43. The Morgan fingerprint density at radius 3 is 2.38 bits per heavy atom. The number of ether oxygens (including phenoxy) is 3. The SMILES string of the molecule is CC(C)/C=C/[C@@H](C[C@@H]1O[C@](O)(C[C@@H](O)C(C)C)C[C@H](O)[C@H]1C(=O)NC1CCC1)OC1OC(C)C(O)C(N)C1O. The zero-order chi connectivity index (χ0) is 29.1. The summed E-state index contributed by atoms with van der Waals surface area (Å²) in [6, 6.07) is -0.938. The average Bonchev–Trinajstić information content (AvgIpc) is 2.81. The lowest BCUT2D eigenvalue weighted by Gasteiger charge is -2.46. The van der Waals surface area contributed by atoms with Gasteiger partial charge in [0.05, 0.1) is 48.6 Å². The summed E-state index contributed by atoms with van der Waals surface area (Å²) in [6.07, 6.45) is -1.90. The molecule has 0 aromatic carbocycles.